The standard InChI is InChI=1S/C16H22N4O/c1-2-17-13-8-4-3-7-12(13)11-15-19-16(20-21-15)14-9-5-6-10-18-14/h5-6,9-10,12-13,17H,2-4,7-8,11H2,1H3. The average Bonchev–Trinajstić information content (AvgIpc) is 2.99. The molecule has 0 aromatic carbocycles. The monoisotopic (exact) mass is 286 g/mol. The molecule has 5 heteroatoms. The zero-order valence-electron chi connectivity index (χ0n) is 12.5. The Kier molecular flexibility index (Phi) is 4.60. The molecule has 112 valence electrons. The maximum Gasteiger partial charge on any atom is 0.227 e. The van der Waals surface area contributed by atoms with Gasteiger partial charge in [-0.15, -0.1) is 0 Å². The summed E-state index contributed by atoms with van der Waals surface area (Å²) in [7, 11) is 0. The van der Waals surface area contributed by atoms with E-state index in [1.807, 2.05) is 18.2 Å². The van der Waals surface area contributed by atoms with Gasteiger partial charge < -0.3 is 9.84 Å². The minimum Gasteiger partial charge on any atom is -0.339 e. The van der Waals surface area contributed by atoms with Gasteiger partial charge in [-0.2, -0.15) is 4.98 Å². The van der Waals surface area contributed by atoms with Gasteiger partial charge in [0.05, 0.1) is 0 Å². The number of aromatic nitrogens is 3. The molecule has 1 aliphatic rings. The summed E-state index contributed by atoms with van der Waals surface area (Å²) >= 11 is 0. The number of nitrogens with one attached hydrogen (secondary N) is 1. The van der Waals surface area contributed by atoms with Crippen LogP contribution in [0.15, 0.2) is 28.9 Å². The molecule has 0 saturated heterocycles. The Morgan fingerprint density at radius 2 is 2.19 bits per heavy atom. The molecule has 0 bridgehead atoms. The van der Waals surface area contributed by atoms with Crippen molar-refractivity contribution in [3.63, 3.8) is 0 Å². The van der Waals surface area contributed by atoms with Crippen molar-refractivity contribution < 1.29 is 4.52 Å². The summed E-state index contributed by atoms with van der Waals surface area (Å²) in [4.78, 5) is 8.76. The fourth-order valence-corrected chi connectivity index (χ4v) is 3.14. The molecule has 0 spiro atoms. The summed E-state index contributed by atoms with van der Waals surface area (Å²) in [5.74, 6) is 1.91. The van der Waals surface area contributed by atoms with Gasteiger partial charge in [0.15, 0.2) is 0 Å². The summed E-state index contributed by atoms with van der Waals surface area (Å²) in [5, 5.41) is 7.65. The second kappa shape index (κ2) is 6.80. The first-order valence-corrected chi connectivity index (χ1v) is 7.84. The lowest BCUT2D eigenvalue weighted by Gasteiger charge is -2.31. The van der Waals surface area contributed by atoms with Gasteiger partial charge in [0.1, 0.15) is 5.69 Å². The van der Waals surface area contributed by atoms with Crippen LogP contribution < -0.4 is 5.32 Å². The minimum absolute atomic E-state index is 0.578. The van der Waals surface area contributed by atoms with Gasteiger partial charge in [-0.05, 0) is 37.4 Å². The molecule has 2 heterocycles. The lowest BCUT2D eigenvalue weighted by molar-refractivity contribution is 0.242. The van der Waals surface area contributed by atoms with E-state index in [4.69, 9.17) is 4.52 Å². The van der Waals surface area contributed by atoms with Gasteiger partial charge in [0, 0.05) is 18.7 Å². The SMILES string of the molecule is CCNC1CCCCC1Cc1nc(-c2ccccn2)no1. The fraction of sp³-hybridized carbons (Fsp3) is 0.562. The van der Waals surface area contributed by atoms with E-state index in [2.05, 4.69) is 27.4 Å². The maximum atomic E-state index is 5.42. The second-order valence-electron chi connectivity index (χ2n) is 5.64. The van der Waals surface area contributed by atoms with Crippen LogP contribution in [0.3, 0.4) is 0 Å². The van der Waals surface area contributed by atoms with Crippen molar-refractivity contribution in [2.75, 3.05) is 6.54 Å². The zero-order valence-corrected chi connectivity index (χ0v) is 12.5. The molecular weight excluding hydrogens is 264 g/mol. The zero-order chi connectivity index (χ0) is 14.5. The highest BCUT2D eigenvalue weighted by atomic mass is 16.5. The largest absolute Gasteiger partial charge is 0.339 e. The normalized spacial score (nSPS) is 22.3. The fourth-order valence-electron chi connectivity index (χ4n) is 3.14. The summed E-state index contributed by atoms with van der Waals surface area (Å²) in [6.45, 7) is 3.18. The van der Waals surface area contributed by atoms with Crippen molar-refractivity contribution in [1.82, 2.24) is 20.4 Å². The summed E-state index contributed by atoms with van der Waals surface area (Å²) in [6.07, 6.45) is 7.70. The lowest BCUT2D eigenvalue weighted by Crippen LogP contribution is -2.39. The van der Waals surface area contributed by atoms with Crippen LogP contribution in [-0.4, -0.2) is 27.7 Å². The van der Waals surface area contributed by atoms with Crippen molar-refractivity contribution in [1.29, 1.82) is 0 Å². The predicted octanol–water partition coefficient (Wildman–Crippen LogP) is 2.84. The van der Waals surface area contributed by atoms with Crippen LogP contribution in [0.1, 0.15) is 38.5 Å². The molecular formula is C16H22N4O. The molecule has 0 amide bonds. The molecule has 3 rings (SSSR count). The molecule has 1 saturated carbocycles. The molecule has 21 heavy (non-hydrogen) atoms. The highest BCUT2D eigenvalue weighted by Crippen LogP contribution is 2.27. The maximum absolute atomic E-state index is 5.42. The molecule has 2 aromatic heterocycles. The first-order chi connectivity index (χ1) is 10.4. The number of hydrogen-bond donors (Lipinski definition) is 1. The van der Waals surface area contributed by atoms with E-state index in [-0.39, 0.29) is 0 Å². The Morgan fingerprint density at radius 3 is 3.00 bits per heavy atom. The van der Waals surface area contributed by atoms with Crippen molar-refractivity contribution in [2.45, 2.75) is 45.1 Å². The molecule has 5 nitrogen and oxygen atoms in total. The lowest BCUT2D eigenvalue weighted by atomic mass is 9.82. The predicted molar refractivity (Wildman–Crippen MR) is 80.7 cm³/mol. The van der Waals surface area contributed by atoms with E-state index >= 15 is 0 Å². The average molecular weight is 286 g/mol. The third-order valence-corrected chi connectivity index (χ3v) is 4.17. The van der Waals surface area contributed by atoms with Crippen LogP contribution in [0, 0.1) is 5.92 Å². The summed E-state index contributed by atoms with van der Waals surface area (Å²) in [6, 6.07) is 6.29. The van der Waals surface area contributed by atoms with Crippen molar-refractivity contribution >= 4 is 0 Å². The number of nitrogens with zero attached hydrogens (tertiary/aromatic N) is 3. The van der Waals surface area contributed by atoms with Gasteiger partial charge >= 0.3 is 0 Å². The molecule has 2 aromatic rings. The van der Waals surface area contributed by atoms with E-state index < -0.39 is 0 Å². The van der Waals surface area contributed by atoms with E-state index in [0.29, 0.717) is 17.8 Å². The Balaban J connectivity index is 1.69. The molecule has 2 atom stereocenters. The molecule has 0 aliphatic heterocycles. The van der Waals surface area contributed by atoms with Gasteiger partial charge in [-0.1, -0.05) is 31.0 Å². The first-order valence-electron chi connectivity index (χ1n) is 7.84. The van der Waals surface area contributed by atoms with Crippen LogP contribution in [0.2, 0.25) is 0 Å². The molecule has 1 aliphatic carbocycles. The van der Waals surface area contributed by atoms with Crippen LogP contribution in [0.25, 0.3) is 11.5 Å². The van der Waals surface area contributed by atoms with Gasteiger partial charge in [-0.3, -0.25) is 4.98 Å². The smallest absolute Gasteiger partial charge is 0.227 e. The third kappa shape index (κ3) is 3.47. The molecule has 2 unspecified atom stereocenters. The van der Waals surface area contributed by atoms with E-state index in [9.17, 15) is 0 Å². The van der Waals surface area contributed by atoms with E-state index in [1.165, 1.54) is 25.7 Å². The quantitative estimate of drug-likeness (QED) is 0.915. The van der Waals surface area contributed by atoms with E-state index in [0.717, 1.165) is 24.6 Å². The summed E-state index contributed by atoms with van der Waals surface area (Å²) in [5.41, 5.74) is 0.763. The molecule has 1 fully saturated rings. The van der Waals surface area contributed by atoms with Crippen molar-refractivity contribution in [3.05, 3.63) is 30.3 Å². The Hall–Kier alpha value is -1.75. The Morgan fingerprint density at radius 1 is 1.29 bits per heavy atom. The Bertz CT molecular complexity index is 552. The van der Waals surface area contributed by atoms with E-state index in [1.54, 1.807) is 6.20 Å². The molecule has 0 radical (unpaired) electrons. The van der Waals surface area contributed by atoms with Crippen molar-refractivity contribution in [3.8, 4) is 11.5 Å². The van der Waals surface area contributed by atoms with Crippen LogP contribution in [0.4, 0.5) is 0 Å². The highest BCUT2D eigenvalue weighted by molar-refractivity contribution is 5.46. The number of hydrogen-bond acceptors (Lipinski definition) is 5. The van der Waals surface area contributed by atoms with Crippen molar-refractivity contribution in [2.24, 2.45) is 5.92 Å². The van der Waals surface area contributed by atoms with Crippen LogP contribution in [-0.2, 0) is 6.42 Å². The molecule has 1 N–H and O–H groups in total. The number of pyridine rings is 1. The van der Waals surface area contributed by atoms with Crippen LogP contribution >= 0.6 is 0 Å². The van der Waals surface area contributed by atoms with Crippen LogP contribution in [0.5, 0.6) is 0 Å². The van der Waals surface area contributed by atoms with Gasteiger partial charge in [0.25, 0.3) is 0 Å². The summed E-state index contributed by atoms with van der Waals surface area (Å²) < 4.78 is 5.42. The minimum atomic E-state index is 0.578. The van der Waals surface area contributed by atoms with Gasteiger partial charge in [0.2, 0.25) is 11.7 Å². The second-order valence-corrected chi connectivity index (χ2v) is 5.64. The highest BCUT2D eigenvalue weighted by Gasteiger charge is 2.26. The first kappa shape index (κ1) is 14.2. The number of rotatable bonds is 5. The third-order valence-electron chi connectivity index (χ3n) is 4.17. The Labute approximate surface area is 125 Å². The topological polar surface area (TPSA) is 63.8 Å². The van der Waals surface area contributed by atoms with Gasteiger partial charge in [-0.25, -0.2) is 0 Å².